The first-order chi connectivity index (χ1) is 14.0. The third-order valence-electron chi connectivity index (χ3n) is 4.31. The van der Waals surface area contributed by atoms with Gasteiger partial charge in [-0.2, -0.15) is 0 Å². The van der Waals surface area contributed by atoms with E-state index < -0.39 is 24.5 Å². The van der Waals surface area contributed by atoms with Crippen LogP contribution in [0.2, 0.25) is 0 Å². The molecule has 2 N–H and O–H groups in total. The highest BCUT2D eigenvalue weighted by Crippen LogP contribution is 2.39. The van der Waals surface area contributed by atoms with Gasteiger partial charge in [-0.05, 0) is 49.9 Å². The Morgan fingerprint density at radius 3 is 2.76 bits per heavy atom. The number of hydrogen-bond donors (Lipinski definition) is 2. The quantitative estimate of drug-likeness (QED) is 0.481. The van der Waals surface area contributed by atoms with Gasteiger partial charge in [0.2, 0.25) is 0 Å². The summed E-state index contributed by atoms with van der Waals surface area (Å²) in [5, 5.41) is 3.16. The number of aryl methyl sites for hydroxylation is 1. The number of esters is 2. The number of thiophene rings is 1. The zero-order valence-corrected chi connectivity index (χ0v) is 17.8. The van der Waals surface area contributed by atoms with Crippen LogP contribution < -0.4 is 10.0 Å². The number of hydrogen-bond acceptors (Lipinski definition) is 8. The lowest BCUT2D eigenvalue weighted by Gasteiger charge is -2.09. The number of amides is 1. The molecule has 29 heavy (non-hydrogen) atoms. The fourth-order valence-electron chi connectivity index (χ4n) is 3.12. The van der Waals surface area contributed by atoms with Crippen LogP contribution in [0.5, 0.6) is 0 Å². The molecule has 3 rings (SSSR count). The van der Waals surface area contributed by atoms with Crippen LogP contribution in [0, 0.1) is 0 Å². The fourth-order valence-corrected chi connectivity index (χ4v) is 4.77. The highest BCUT2D eigenvalue weighted by Gasteiger charge is 2.28. The van der Waals surface area contributed by atoms with E-state index in [-0.39, 0.29) is 6.61 Å². The van der Waals surface area contributed by atoms with Crippen molar-refractivity contribution in [2.24, 2.45) is 0 Å². The van der Waals surface area contributed by atoms with Crippen LogP contribution in [-0.4, -0.2) is 37.3 Å². The van der Waals surface area contributed by atoms with E-state index in [0.29, 0.717) is 16.1 Å². The first kappa shape index (κ1) is 21.2. The molecular weight excluding hydrogens is 412 g/mol. The van der Waals surface area contributed by atoms with E-state index in [1.165, 1.54) is 23.3 Å². The van der Waals surface area contributed by atoms with Crippen molar-refractivity contribution < 1.29 is 23.9 Å². The van der Waals surface area contributed by atoms with E-state index >= 15 is 0 Å². The van der Waals surface area contributed by atoms with Crippen LogP contribution in [0.1, 0.15) is 44.5 Å². The largest absolute Gasteiger partial charge is 0.462 e. The molecule has 1 amide bonds. The molecule has 0 saturated carbocycles. The molecule has 0 radical (unpaired) electrons. The van der Waals surface area contributed by atoms with Crippen LogP contribution in [0.3, 0.4) is 0 Å². The summed E-state index contributed by atoms with van der Waals surface area (Å²) in [6.07, 6.45) is 4.55. The first-order valence-electron chi connectivity index (χ1n) is 9.21. The Balaban J connectivity index is 1.63. The third-order valence-corrected chi connectivity index (χ3v) is 5.95. The molecule has 154 valence electrons. The maximum Gasteiger partial charge on any atom is 0.341 e. The minimum absolute atomic E-state index is 0.263. The number of anilines is 2. The number of carbonyl (C=O) groups excluding carboxylic acids is 3. The van der Waals surface area contributed by atoms with Gasteiger partial charge in [0.15, 0.2) is 6.61 Å². The fraction of sp³-hybridized carbons (Fsp3) is 0.350. The standard InChI is InChI=1S/C20H22N2O5S2/c1-3-26-20(25)17-14-8-5-9-15(14)29-18(17)21-16(23)11-27-19(24)12-6-4-7-13(10-12)22-28-2/h4,6-7,10,22H,3,5,8-9,11H2,1-2H3,(H,21,23). The summed E-state index contributed by atoms with van der Waals surface area (Å²) in [6.45, 7) is 1.56. The Hall–Kier alpha value is -2.52. The van der Waals surface area contributed by atoms with Gasteiger partial charge in [0.25, 0.3) is 5.91 Å². The van der Waals surface area contributed by atoms with Crippen LogP contribution in [0.25, 0.3) is 0 Å². The zero-order valence-electron chi connectivity index (χ0n) is 16.2. The number of carbonyl (C=O) groups is 3. The lowest BCUT2D eigenvalue weighted by Crippen LogP contribution is -2.22. The van der Waals surface area contributed by atoms with Gasteiger partial charge in [-0.25, -0.2) is 9.59 Å². The topological polar surface area (TPSA) is 93.7 Å². The van der Waals surface area contributed by atoms with Gasteiger partial charge in [-0.1, -0.05) is 18.0 Å². The molecule has 0 aliphatic heterocycles. The SMILES string of the molecule is CCOC(=O)c1c(NC(=O)COC(=O)c2cccc(NSC)c2)sc2c1CCC2. The predicted molar refractivity (Wildman–Crippen MR) is 115 cm³/mol. The molecule has 1 aromatic carbocycles. The predicted octanol–water partition coefficient (Wildman–Crippen LogP) is 3.90. The lowest BCUT2D eigenvalue weighted by molar-refractivity contribution is -0.119. The van der Waals surface area contributed by atoms with E-state index in [1.807, 2.05) is 12.3 Å². The summed E-state index contributed by atoms with van der Waals surface area (Å²) in [4.78, 5) is 38.0. The molecule has 2 aromatic rings. The molecule has 1 aliphatic rings. The van der Waals surface area contributed by atoms with Crippen LogP contribution >= 0.6 is 23.3 Å². The van der Waals surface area contributed by atoms with E-state index in [4.69, 9.17) is 9.47 Å². The number of rotatable bonds is 8. The molecule has 0 fully saturated rings. The molecule has 1 aliphatic carbocycles. The molecule has 0 atom stereocenters. The maximum absolute atomic E-state index is 12.3. The van der Waals surface area contributed by atoms with Gasteiger partial charge in [0.05, 0.1) is 17.7 Å². The molecule has 0 unspecified atom stereocenters. The molecular formula is C20H22N2O5S2. The first-order valence-corrected chi connectivity index (χ1v) is 11.2. The average molecular weight is 435 g/mol. The number of benzene rings is 1. The molecule has 7 nitrogen and oxygen atoms in total. The summed E-state index contributed by atoms with van der Waals surface area (Å²) >= 11 is 2.79. The van der Waals surface area contributed by atoms with Gasteiger partial charge in [0.1, 0.15) is 5.00 Å². The number of nitrogens with one attached hydrogen (secondary N) is 2. The number of ether oxygens (including phenoxy) is 2. The van der Waals surface area contributed by atoms with Gasteiger partial charge in [-0.15, -0.1) is 11.3 Å². The monoisotopic (exact) mass is 434 g/mol. The van der Waals surface area contributed by atoms with Crippen molar-refractivity contribution in [3.05, 3.63) is 45.8 Å². The molecule has 1 heterocycles. The van der Waals surface area contributed by atoms with E-state index in [1.54, 1.807) is 25.1 Å². The second-order valence-electron chi connectivity index (χ2n) is 6.29. The maximum atomic E-state index is 12.3. The van der Waals surface area contributed by atoms with Gasteiger partial charge in [0, 0.05) is 16.8 Å². The average Bonchev–Trinajstić information content (AvgIpc) is 3.27. The summed E-state index contributed by atoms with van der Waals surface area (Å²) in [5.74, 6) is -1.52. The van der Waals surface area contributed by atoms with Crippen molar-refractivity contribution >= 4 is 51.8 Å². The Morgan fingerprint density at radius 1 is 1.17 bits per heavy atom. The zero-order chi connectivity index (χ0) is 20.8. The van der Waals surface area contributed by atoms with Crippen molar-refractivity contribution in [3.63, 3.8) is 0 Å². The van der Waals surface area contributed by atoms with E-state index in [9.17, 15) is 14.4 Å². The minimum atomic E-state index is -0.593. The lowest BCUT2D eigenvalue weighted by atomic mass is 10.1. The summed E-state index contributed by atoms with van der Waals surface area (Å²) < 4.78 is 13.3. The highest BCUT2D eigenvalue weighted by atomic mass is 32.2. The molecule has 0 saturated heterocycles. The van der Waals surface area contributed by atoms with Crippen LogP contribution in [0.15, 0.2) is 24.3 Å². The van der Waals surface area contributed by atoms with Crippen molar-refractivity contribution in [1.82, 2.24) is 0 Å². The van der Waals surface area contributed by atoms with Crippen molar-refractivity contribution in [1.29, 1.82) is 0 Å². The van der Waals surface area contributed by atoms with Crippen molar-refractivity contribution in [2.75, 3.05) is 29.5 Å². The van der Waals surface area contributed by atoms with Gasteiger partial charge >= 0.3 is 11.9 Å². The smallest absolute Gasteiger partial charge is 0.341 e. The summed E-state index contributed by atoms with van der Waals surface area (Å²) in [5.41, 5.74) is 2.50. The normalized spacial score (nSPS) is 12.2. The van der Waals surface area contributed by atoms with Crippen molar-refractivity contribution in [2.45, 2.75) is 26.2 Å². The highest BCUT2D eigenvalue weighted by molar-refractivity contribution is 7.99. The van der Waals surface area contributed by atoms with Crippen molar-refractivity contribution in [3.8, 4) is 0 Å². The Kier molecular flexibility index (Phi) is 7.16. The number of fused-ring (bicyclic) bond motifs is 1. The van der Waals surface area contributed by atoms with Gasteiger partial charge < -0.3 is 19.5 Å². The summed E-state index contributed by atoms with van der Waals surface area (Å²) in [6, 6.07) is 6.83. The molecule has 0 bridgehead atoms. The minimum Gasteiger partial charge on any atom is -0.462 e. The molecule has 9 heteroatoms. The van der Waals surface area contributed by atoms with Gasteiger partial charge in [-0.3, -0.25) is 4.79 Å². The second-order valence-corrected chi connectivity index (χ2v) is 8.01. The second kappa shape index (κ2) is 9.80. The molecule has 0 spiro atoms. The Labute approximate surface area is 177 Å². The van der Waals surface area contributed by atoms with E-state index in [2.05, 4.69) is 10.0 Å². The summed E-state index contributed by atoms with van der Waals surface area (Å²) in [7, 11) is 0. The van der Waals surface area contributed by atoms with Crippen LogP contribution in [-0.2, 0) is 27.1 Å². The Morgan fingerprint density at radius 2 is 2.00 bits per heavy atom. The van der Waals surface area contributed by atoms with Crippen LogP contribution in [0.4, 0.5) is 10.7 Å². The Bertz CT molecular complexity index is 926. The third kappa shape index (κ3) is 5.10. The molecule has 1 aromatic heterocycles. The van der Waals surface area contributed by atoms with E-state index in [0.717, 1.165) is 35.4 Å².